The molecule has 0 saturated heterocycles. The van der Waals surface area contributed by atoms with Crippen LogP contribution in [0.15, 0.2) is 45.8 Å². The van der Waals surface area contributed by atoms with Crippen molar-refractivity contribution in [2.45, 2.75) is 34.7 Å². The maximum Gasteiger partial charge on any atom is 0.206 e. The van der Waals surface area contributed by atoms with Gasteiger partial charge in [-0.05, 0) is 30.2 Å². The largest absolute Gasteiger partial charge is 0.356 e. The second-order valence-corrected chi connectivity index (χ2v) is 8.11. The lowest BCUT2D eigenvalue weighted by molar-refractivity contribution is 0.877. The van der Waals surface area contributed by atoms with E-state index in [-0.39, 0.29) is 0 Å². The van der Waals surface area contributed by atoms with Crippen molar-refractivity contribution in [3.8, 4) is 0 Å². The van der Waals surface area contributed by atoms with E-state index >= 15 is 0 Å². The minimum atomic E-state index is 0.473. The van der Waals surface area contributed by atoms with Crippen LogP contribution in [0.3, 0.4) is 0 Å². The summed E-state index contributed by atoms with van der Waals surface area (Å²) in [5, 5.41) is 13.8. The first-order valence-corrected chi connectivity index (χ1v) is 9.61. The van der Waals surface area contributed by atoms with Gasteiger partial charge in [0.1, 0.15) is 16.0 Å². The van der Waals surface area contributed by atoms with E-state index in [9.17, 15) is 0 Å². The molecule has 0 aliphatic heterocycles. The smallest absolute Gasteiger partial charge is 0.206 e. The van der Waals surface area contributed by atoms with Gasteiger partial charge in [-0.15, -0.1) is 10.2 Å². The van der Waals surface area contributed by atoms with Crippen molar-refractivity contribution >= 4 is 39.8 Å². The molecule has 8 heteroatoms. The number of benzene rings is 1. The lowest BCUT2D eigenvalue weighted by atomic mass is 10.2. The molecule has 1 aromatic carbocycles. The van der Waals surface area contributed by atoms with Gasteiger partial charge in [-0.3, -0.25) is 0 Å². The molecule has 0 unspecified atom stereocenters. The zero-order valence-electron chi connectivity index (χ0n) is 12.6. The molecule has 1 fully saturated rings. The highest BCUT2D eigenvalue weighted by atomic mass is 35.5. The fraction of sp³-hybridized carbons (Fsp3) is 0.250. The van der Waals surface area contributed by atoms with Crippen molar-refractivity contribution in [2.24, 2.45) is 0 Å². The molecule has 24 heavy (non-hydrogen) atoms. The van der Waals surface area contributed by atoms with Crippen LogP contribution in [0.5, 0.6) is 0 Å². The normalized spacial score (nSPS) is 13.9. The van der Waals surface area contributed by atoms with Crippen LogP contribution in [0.4, 0.5) is 5.13 Å². The van der Waals surface area contributed by atoms with Crippen molar-refractivity contribution in [3.05, 3.63) is 52.9 Å². The standard InChI is InChI=1S/C16H14ClN5S2/c17-12-8-13(20-14(19-12)11-6-7-11)23-16-22-21-15(24-16)18-9-10-4-2-1-3-5-10/h1-5,8,11H,6-7,9H2,(H,18,21). The molecule has 0 spiro atoms. The Labute approximate surface area is 152 Å². The Morgan fingerprint density at radius 2 is 2.00 bits per heavy atom. The Bertz CT molecular complexity index is 835. The molecular weight excluding hydrogens is 362 g/mol. The van der Waals surface area contributed by atoms with Gasteiger partial charge in [0, 0.05) is 18.5 Å². The van der Waals surface area contributed by atoms with Crippen molar-refractivity contribution in [2.75, 3.05) is 5.32 Å². The van der Waals surface area contributed by atoms with Crippen LogP contribution in [-0.2, 0) is 6.54 Å². The highest BCUT2D eigenvalue weighted by molar-refractivity contribution is 8.01. The topological polar surface area (TPSA) is 63.6 Å². The second-order valence-electron chi connectivity index (χ2n) is 5.48. The third kappa shape index (κ3) is 4.03. The van der Waals surface area contributed by atoms with Gasteiger partial charge in [0.2, 0.25) is 5.13 Å². The molecule has 5 nitrogen and oxygen atoms in total. The Morgan fingerprint density at radius 3 is 2.79 bits per heavy atom. The summed E-state index contributed by atoms with van der Waals surface area (Å²) < 4.78 is 0.835. The van der Waals surface area contributed by atoms with Gasteiger partial charge in [-0.1, -0.05) is 53.3 Å². The summed E-state index contributed by atoms with van der Waals surface area (Å²) in [5.74, 6) is 1.32. The first-order chi connectivity index (χ1) is 11.8. The third-order valence-electron chi connectivity index (χ3n) is 3.52. The molecule has 4 rings (SSSR count). The summed E-state index contributed by atoms with van der Waals surface area (Å²) in [7, 11) is 0. The van der Waals surface area contributed by atoms with E-state index in [4.69, 9.17) is 11.6 Å². The highest BCUT2D eigenvalue weighted by Crippen LogP contribution is 2.40. The maximum atomic E-state index is 6.10. The van der Waals surface area contributed by atoms with Crippen LogP contribution in [0.1, 0.15) is 30.1 Å². The fourth-order valence-electron chi connectivity index (χ4n) is 2.18. The maximum absolute atomic E-state index is 6.10. The number of nitrogens with zero attached hydrogens (tertiary/aromatic N) is 4. The van der Waals surface area contributed by atoms with Crippen LogP contribution >= 0.6 is 34.7 Å². The molecule has 0 atom stereocenters. The van der Waals surface area contributed by atoms with E-state index in [1.54, 1.807) is 6.07 Å². The minimum Gasteiger partial charge on any atom is -0.356 e. The molecule has 1 aliphatic carbocycles. The molecule has 0 amide bonds. The average Bonchev–Trinajstić information content (AvgIpc) is 3.35. The van der Waals surface area contributed by atoms with Gasteiger partial charge in [0.05, 0.1) is 0 Å². The molecular formula is C16H14ClN5S2. The van der Waals surface area contributed by atoms with Crippen LogP contribution in [0.2, 0.25) is 5.15 Å². The van der Waals surface area contributed by atoms with Gasteiger partial charge in [0.15, 0.2) is 4.34 Å². The van der Waals surface area contributed by atoms with E-state index in [2.05, 4.69) is 37.6 Å². The fourth-order valence-corrected chi connectivity index (χ4v) is 4.13. The summed E-state index contributed by atoms with van der Waals surface area (Å²) in [6, 6.07) is 12.0. The van der Waals surface area contributed by atoms with Crippen LogP contribution in [-0.4, -0.2) is 20.2 Å². The quantitative estimate of drug-likeness (QED) is 0.634. The van der Waals surface area contributed by atoms with Crippen LogP contribution in [0, 0.1) is 0 Å². The van der Waals surface area contributed by atoms with Crippen LogP contribution in [0.25, 0.3) is 0 Å². The molecule has 2 aromatic heterocycles. The summed E-state index contributed by atoms with van der Waals surface area (Å²) >= 11 is 9.08. The zero-order chi connectivity index (χ0) is 16.4. The molecule has 2 heterocycles. The Morgan fingerprint density at radius 1 is 1.17 bits per heavy atom. The van der Waals surface area contributed by atoms with E-state index in [0.717, 1.165) is 39.7 Å². The molecule has 0 radical (unpaired) electrons. The number of hydrogen-bond acceptors (Lipinski definition) is 7. The molecule has 1 aliphatic rings. The van der Waals surface area contributed by atoms with E-state index < -0.39 is 0 Å². The monoisotopic (exact) mass is 375 g/mol. The van der Waals surface area contributed by atoms with Crippen molar-refractivity contribution in [1.82, 2.24) is 20.2 Å². The van der Waals surface area contributed by atoms with Crippen molar-refractivity contribution in [3.63, 3.8) is 0 Å². The molecule has 0 bridgehead atoms. The molecule has 1 saturated carbocycles. The average molecular weight is 376 g/mol. The second kappa shape index (κ2) is 7.04. The summed E-state index contributed by atoms with van der Waals surface area (Å²) in [6.07, 6.45) is 2.30. The van der Waals surface area contributed by atoms with Gasteiger partial charge in [0.25, 0.3) is 0 Å². The zero-order valence-corrected chi connectivity index (χ0v) is 15.0. The van der Waals surface area contributed by atoms with Gasteiger partial charge < -0.3 is 5.32 Å². The minimum absolute atomic E-state index is 0.473. The highest BCUT2D eigenvalue weighted by Gasteiger charge is 2.27. The van der Waals surface area contributed by atoms with Gasteiger partial charge >= 0.3 is 0 Å². The predicted octanol–water partition coefficient (Wildman–Crippen LogP) is 4.62. The SMILES string of the molecule is Clc1cc(Sc2nnc(NCc3ccccc3)s2)nc(C2CC2)n1. The summed E-state index contributed by atoms with van der Waals surface area (Å²) in [6.45, 7) is 0.727. The van der Waals surface area contributed by atoms with Gasteiger partial charge in [-0.25, -0.2) is 9.97 Å². The number of aromatic nitrogens is 4. The number of hydrogen-bond donors (Lipinski definition) is 1. The first kappa shape index (κ1) is 15.8. The third-order valence-corrected chi connectivity index (χ3v) is 5.56. The first-order valence-electron chi connectivity index (χ1n) is 7.60. The Balaban J connectivity index is 1.41. The number of rotatable bonds is 6. The molecule has 3 aromatic rings. The van der Waals surface area contributed by atoms with Crippen molar-refractivity contribution < 1.29 is 0 Å². The Kier molecular flexibility index (Phi) is 4.64. The van der Waals surface area contributed by atoms with E-state index in [0.29, 0.717) is 11.1 Å². The summed E-state index contributed by atoms with van der Waals surface area (Å²) in [5.41, 5.74) is 1.21. The van der Waals surface area contributed by atoms with E-state index in [1.165, 1.54) is 28.7 Å². The summed E-state index contributed by atoms with van der Waals surface area (Å²) in [4.78, 5) is 8.88. The number of anilines is 1. The number of halogens is 1. The molecule has 1 N–H and O–H groups in total. The molecule has 122 valence electrons. The van der Waals surface area contributed by atoms with E-state index in [1.807, 2.05) is 18.2 Å². The lowest BCUT2D eigenvalue weighted by Crippen LogP contribution is -1.98. The van der Waals surface area contributed by atoms with Gasteiger partial charge in [-0.2, -0.15) is 0 Å². The lowest BCUT2D eigenvalue weighted by Gasteiger charge is -2.02. The predicted molar refractivity (Wildman–Crippen MR) is 96.8 cm³/mol. The van der Waals surface area contributed by atoms with Crippen molar-refractivity contribution in [1.29, 1.82) is 0 Å². The number of nitrogens with one attached hydrogen (secondary N) is 1. The Hall–Kier alpha value is -1.70. The van der Waals surface area contributed by atoms with Crippen LogP contribution < -0.4 is 5.32 Å².